The highest BCUT2D eigenvalue weighted by molar-refractivity contribution is 9.10. The van der Waals surface area contributed by atoms with Gasteiger partial charge < -0.3 is 9.64 Å². The molecule has 1 aliphatic rings. The highest BCUT2D eigenvalue weighted by atomic mass is 79.9. The summed E-state index contributed by atoms with van der Waals surface area (Å²) < 4.78 is 31.6. The lowest BCUT2D eigenvalue weighted by molar-refractivity contribution is 0.0219. The van der Waals surface area contributed by atoms with Gasteiger partial charge >= 0.3 is 6.09 Å². The van der Waals surface area contributed by atoms with Crippen molar-refractivity contribution in [3.05, 3.63) is 28.7 Å². The van der Waals surface area contributed by atoms with Gasteiger partial charge in [0.25, 0.3) is 0 Å². The first-order chi connectivity index (χ1) is 10.6. The van der Waals surface area contributed by atoms with Gasteiger partial charge in [-0.1, -0.05) is 12.1 Å². The first-order valence-electron chi connectivity index (χ1n) is 7.57. The second kappa shape index (κ2) is 6.81. The molecule has 1 fully saturated rings. The molecule has 1 aliphatic heterocycles. The Hall–Kier alpha value is -1.08. The number of piperidine rings is 1. The van der Waals surface area contributed by atoms with E-state index in [0.717, 1.165) is 0 Å². The van der Waals surface area contributed by atoms with Crippen molar-refractivity contribution in [3.63, 3.8) is 0 Å². The number of amides is 1. The second-order valence-electron chi connectivity index (χ2n) is 6.67. The van der Waals surface area contributed by atoms with E-state index in [9.17, 15) is 13.2 Å². The van der Waals surface area contributed by atoms with Crippen LogP contribution in [0.2, 0.25) is 0 Å². The third-order valence-corrected chi connectivity index (χ3v) is 6.80. The number of halogens is 1. The zero-order valence-corrected chi connectivity index (χ0v) is 16.0. The summed E-state index contributed by atoms with van der Waals surface area (Å²) in [5.74, 6) is 0. The molecule has 2 rings (SSSR count). The van der Waals surface area contributed by atoms with E-state index in [0.29, 0.717) is 23.9 Å². The largest absolute Gasteiger partial charge is 0.444 e. The van der Waals surface area contributed by atoms with Crippen LogP contribution in [0.15, 0.2) is 33.6 Å². The minimum atomic E-state index is -3.50. The Bertz CT molecular complexity index is 682. The highest BCUT2D eigenvalue weighted by Crippen LogP contribution is 2.29. The number of carbonyl (C=O) groups excluding carboxylic acids is 1. The number of rotatable bonds is 2. The molecule has 1 aromatic carbocycles. The van der Waals surface area contributed by atoms with Crippen LogP contribution in [0, 0.1) is 0 Å². The Kier molecular flexibility index (Phi) is 5.41. The summed E-state index contributed by atoms with van der Waals surface area (Å²) >= 11 is 3.30. The molecule has 0 aliphatic carbocycles. The zero-order valence-electron chi connectivity index (χ0n) is 13.6. The molecular weight excluding hydrogens is 382 g/mol. The van der Waals surface area contributed by atoms with Crippen molar-refractivity contribution in [3.8, 4) is 0 Å². The number of hydrogen-bond acceptors (Lipinski definition) is 4. The predicted molar refractivity (Wildman–Crippen MR) is 92.2 cm³/mol. The third-order valence-electron chi connectivity index (χ3n) is 3.61. The van der Waals surface area contributed by atoms with Crippen LogP contribution in [0.3, 0.4) is 0 Å². The van der Waals surface area contributed by atoms with Crippen molar-refractivity contribution in [1.82, 2.24) is 4.90 Å². The molecule has 1 heterocycles. The van der Waals surface area contributed by atoms with Crippen LogP contribution in [0.1, 0.15) is 33.6 Å². The van der Waals surface area contributed by atoms with E-state index in [1.165, 1.54) is 4.90 Å². The van der Waals surface area contributed by atoms with Gasteiger partial charge in [-0.05, 0) is 61.7 Å². The number of sulfone groups is 1. The average molecular weight is 404 g/mol. The summed E-state index contributed by atoms with van der Waals surface area (Å²) in [5, 5.41) is -0.609. The number of nitrogens with zero attached hydrogens (tertiary/aromatic N) is 1. The SMILES string of the molecule is CC(C)(C)OC(=O)N1CCC[C@H](S(=O)(=O)c2ccccc2Br)C1. The van der Waals surface area contributed by atoms with Gasteiger partial charge in [-0.3, -0.25) is 0 Å². The Labute approximate surface area is 146 Å². The van der Waals surface area contributed by atoms with Gasteiger partial charge in [-0.25, -0.2) is 13.2 Å². The maximum absolute atomic E-state index is 12.9. The van der Waals surface area contributed by atoms with E-state index in [1.54, 1.807) is 45.0 Å². The second-order valence-corrected chi connectivity index (χ2v) is 9.72. The van der Waals surface area contributed by atoms with Crippen molar-refractivity contribution in [2.45, 2.75) is 49.4 Å². The maximum atomic E-state index is 12.9. The Balaban J connectivity index is 2.18. The molecule has 1 amide bonds. The van der Waals surface area contributed by atoms with Gasteiger partial charge in [0, 0.05) is 17.6 Å². The summed E-state index contributed by atoms with van der Waals surface area (Å²) in [4.78, 5) is 14.0. The summed E-state index contributed by atoms with van der Waals surface area (Å²) in [6.45, 7) is 6.08. The lowest BCUT2D eigenvalue weighted by atomic mass is 10.1. The number of carbonyl (C=O) groups is 1. The van der Waals surface area contributed by atoms with Gasteiger partial charge in [0.1, 0.15) is 5.60 Å². The molecule has 0 spiro atoms. The first kappa shape index (κ1) is 18.3. The average Bonchev–Trinajstić information content (AvgIpc) is 2.46. The molecule has 0 unspecified atom stereocenters. The number of ether oxygens (including phenoxy) is 1. The highest BCUT2D eigenvalue weighted by Gasteiger charge is 2.36. The fraction of sp³-hybridized carbons (Fsp3) is 0.562. The van der Waals surface area contributed by atoms with E-state index in [-0.39, 0.29) is 11.4 Å². The molecular formula is C16H22BrNO4S. The molecule has 128 valence electrons. The topological polar surface area (TPSA) is 63.7 Å². The lowest BCUT2D eigenvalue weighted by Gasteiger charge is -2.33. The molecule has 1 aromatic rings. The van der Waals surface area contributed by atoms with Crippen LogP contribution in [0.5, 0.6) is 0 Å². The maximum Gasteiger partial charge on any atom is 0.410 e. The first-order valence-corrected chi connectivity index (χ1v) is 9.91. The quantitative estimate of drug-likeness (QED) is 0.755. The molecule has 0 radical (unpaired) electrons. The number of hydrogen-bond donors (Lipinski definition) is 0. The van der Waals surface area contributed by atoms with Crippen LogP contribution in [0.25, 0.3) is 0 Å². The Morgan fingerprint density at radius 3 is 2.57 bits per heavy atom. The predicted octanol–water partition coefficient (Wildman–Crippen LogP) is 3.62. The van der Waals surface area contributed by atoms with E-state index < -0.39 is 26.8 Å². The molecule has 5 nitrogen and oxygen atoms in total. The molecule has 0 bridgehead atoms. The minimum Gasteiger partial charge on any atom is -0.444 e. The standard InChI is InChI=1S/C16H22BrNO4S/c1-16(2,3)22-15(19)18-10-6-7-12(11-18)23(20,21)14-9-5-4-8-13(14)17/h4-5,8-9,12H,6-7,10-11H2,1-3H3/t12-/m0/s1. The van der Waals surface area contributed by atoms with Crippen LogP contribution in [-0.2, 0) is 14.6 Å². The summed E-state index contributed by atoms with van der Waals surface area (Å²) in [7, 11) is -3.50. The molecule has 23 heavy (non-hydrogen) atoms. The van der Waals surface area contributed by atoms with Crippen LogP contribution >= 0.6 is 15.9 Å². The van der Waals surface area contributed by atoms with Gasteiger partial charge in [-0.15, -0.1) is 0 Å². The Morgan fingerprint density at radius 1 is 1.30 bits per heavy atom. The molecule has 7 heteroatoms. The Morgan fingerprint density at radius 2 is 1.96 bits per heavy atom. The molecule has 1 atom stereocenters. The molecule has 0 saturated carbocycles. The van der Waals surface area contributed by atoms with Crippen molar-refractivity contribution < 1.29 is 17.9 Å². The van der Waals surface area contributed by atoms with E-state index in [4.69, 9.17) is 4.74 Å². The molecule has 1 saturated heterocycles. The van der Waals surface area contributed by atoms with Crippen molar-refractivity contribution in [2.75, 3.05) is 13.1 Å². The normalized spacial score (nSPS) is 19.5. The van der Waals surface area contributed by atoms with Gasteiger partial charge in [0.2, 0.25) is 0 Å². The number of benzene rings is 1. The van der Waals surface area contributed by atoms with Gasteiger partial charge in [0.05, 0.1) is 10.1 Å². The smallest absolute Gasteiger partial charge is 0.410 e. The van der Waals surface area contributed by atoms with Gasteiger partial charge in [-0.2, -0.15) is 0 Å². The minimum absolute atomic E-state index is 0.165. The summed E-state index contributed by atoms with van der Waals surface area (Å²) in [6, 6.07) is 6.77. The van der Waals surface area contributed by atoms with Crippen molar-refractivity contribution >= 4 is 31.9 Å². The van der Waals surface area contributed by atoms with Gasteiger partial charge in [0.15, 0.2) is 9.84 Å². The monoisotopic (exact) mass is 403 g/mol. The van der Waals surface area contributed by atoms with Crippen LogP contribution in [-0.4, -0.2) is 43.4 Å². The summed E-state index contributed by atoms with van der Waals surface area (Å²) in [6.07, 6.45) is 0.737. The number of likely N-dealkylation sites (tertiary alicyclic amines) is 1. The fourth-order valence-electron chi connectivity index (χ4n) is 2.54. The van der Waals surface area contributed by atoms with E-state index in [1.807, 2.05) is 0 Å². The van der Waals surface area contributed by atoms with Crippen molar-refractivity contribution in [1.29, 1.82) is 0 Å². The zero-order chi connectivity index (χ0) is 17.3. The third kappa shape index (κ3) is 4.47. The van der Waals surface area contributed by atoms with E-state index in [2.05, 4.69) is 15.9 Å². The van der Waals surface area contributed by atoms with Crippen LogP contribution < -0.4 is 0 Å². The molecule has 0 aromatic heterocycles. The molecule has 0 N–H and O–H groups in total. The fourth-order valence-corrected chi connectivity index (χ4v) is 5.32. The summed E-state index contributed by atoms with van der Waals surface area (Å²) in [5.41, 5.74) is -0.592. The van der Waals surface area contributed by atoms with E-state index >= 15 is 0 Å². The van der Waals surface area contributed by atoms with Crippen molar-refractivity contribution in [2.24, 2.45) is 0 Å². The lowest BCUT2D eigenvalue weighted by Crippen LogP contribution is -2.47. The van der Waals surface area contributed by atoms with Crippen LogP contribution in [0.4, 0.5) is 4.79 Å².